The summed E-state index contributed by atoms with van der Waals surface area (Å²) in [5.74, 6) is -3.17. The van der Waals surface area contributed by atoms with Gasteiger partial charge >= 0.3 is 12.4 Å². The lowest BCUT2D eigenvalue weighted by molar-refractivity contribution is -0.157. The van der Waals surface area contributed by atoms with Crippen LogP contribution in [0.2, 0.25) is 0 Å². The molecule has 0 radical (unpaired) electrons. The van der Waals surface area contributed by atoms with Crippen LogP contribution in [-0.2, 0) is 19.2 Å². The Morgan fingerprint density at radius 2 is 0.800 bits per heavy atom. The molecule has 2 atom stereocenters. The molecule has 0 aliphatic heterocycles. The van der Waals surface area contributed by atoms with E-state index >= 15 is 0 Å². The third-order valence-corrected chi connectivity index (χ3v) is 9.51. The van der Waals surface area contributed by atoms with Crippen molar-refractivity contribution < 1.29 is 45.5 Å². The molecule has 4 amide bonds. The molecule has 60 heavy (non-hydrogen) atoms. The first-order chi connectivity index (χ1) is 27.3. The Morgan fingerprint density at radius 1 is 0.517 bits per heavy atom. The molecule has 4 aromatic rings. The highest BCUT2D eigenvalue weighted by molar-refractivity contribution is 5.92. The fourth-order valence-electron chi connectivity index (χ4n) is 6.22. The summed E-state index contributed by atoms with van der Waals surface area (Å²) in [5, 5.41) is 9.99. The van der Waals surface area contributed by atoms with Crippen molar-refractivity contribution in [3.63, 3.8) is 0 Å². The van der Waals surface area contributed by atoms with E-state index in [1.54, 1.807) is 12.4 Å². The Morgan fingerprint density at radius 3 is 1.07 bits per heavy atom. The van der Waals surface area contributed by atoms with Crippen molar-refractivity contribution in [2.45, 2.75) is 118 Å². The number of hydrogen-bond acceptors (Lipinski definition) is 6. The van der Waals surface area contributed by atoms with E-state index < -0.39 is 82.8 Å². The van der Waals surface area contributed by atoms with Gasteiger partial charge in [-0.05, 0) is 60.8 Å². The average Bonchev–Trinajstić information content (AvgIpc) is 3.77. The molecule has 0 fully saturated rings. The number of amides is 4. The molecule has 0 unspecified atom stereocenters. The van der Waals surface area contributed by atoms with Crippen molar-refractivity contribution >= 4 is 23.6 Å². The number of benzene rings is 2. The summed E-state index contributed by atoms with van der Waals surface area (Å²) in [4.78, 5) is 65.9. The Kier molecular flexibility index (Phi) is 13.4. The second-order valence-electron chi connectivity index (χ2n) is 18.0. The average molecular weight is 847 g/mol. The third kappa shape index (κ3) is 12.7. The number of hydrogen-bond donors (Lipinski definition) is 6. The van der Waals surface area contributed by atoms with Crippen LogP contribution in [0.3, 0.4) is 0 Å². The minimum Gasteiger partial charge on any atom is -0.344 e. The molecule has 326 valence electrons. The number of carbonyl (C=O) groups is 4. The highest BCUT2D eigenvalue weighted by atomic mass is 19.4. The van der Waals surface area contributed by atoms with E-state index in [1.165, 1.54) is 27.7 Å². The number of nitrogens with zero attached hydrogens (tertiary/aromatic N) is 2. The molecule has 12 nitrogen and oxygen atoms in total. The predicted molar refractivity (Wildman–Crippen MR) is 214 cm³/mol. The number of nitrogens with one attached hydrogen (secondary N) is 6. The lowest BCUT2D eigenvalue weighted by atomic mass is 9.85. The van der Waals surface area contributed by atoms with Crippen LogP contribution in [0.4, 0.5) is 26.3 Å². The topological polar surface area (TPSA) is 174 Å². The molecule has 0 saturated carbocycles. The van der Waals surface area contributed by atoms with Crippen molar-refractivity contribution in [1.29, 1.82) is 0 Å². The third-order valence-electron chi connectivity index (χ3n) is 9.51. The predicted octanol–water partition coefficient (Wildman–Crippen LogP) is 8.24. The standard InChI is InChI=1S/C42H52F6N8O4/c1-37(2,3)31(53-35(59)39(7,8)55-29(57)19-41(43,44)45)33-49-21-27(51-33)25-15-11-23(12-16-25)24-13-17-26(18-14-24)28-22-50-34(52-28)32(38(4,5)6)54-36(60)40(9,10)56-30(58)20-42(46,47)48/h11-18,21-22,31-32H,19-20H2,1-10H3,(H,49,51)(H,50,52)(H,53,59)(H,54,60)(H,55,57)(H,56,58)/t31-,32-/m1/s1. The summed E-state index contributed by atoms with van der Waals surface area (Å²) in [6, 6.07) is 13.9. The molecule has 0 bridgehead atoms. The first kappa shape index (κ1) is 47.0. The van der Waals surface area contributed by atoms with Crippen molar-refractivity contribution in [2.24, 2.45) is 10.8 Å². The van der Waals surface area contributed by atoms with Gasteiger partial charge in [0, 0.05) is 0 Å². The van der Waals surface area contributed by atoms with Gasteiger partial charge in [0.05, 0.1) is 35.9 Å². The van der Waals surface area contributed by atoms with Crippen molar-refractivity contribution in [3.05, 3.63) is 72.6 Å². The van der Waals surface area contributed by atoms with E-state index in [1.807, 2.05) is 90.1 Å². The van der Waals surface area contributed by atoms with Gasteiger partial charge in [-0.1, -0.05) is 90.1 Å². The van der Waals surface area contributed by atoms with Crippen LogP contribution in [0.5, 0.6) is 0 Å². The second kappa shape index (κ2) is 17.1. The SMILES string of the molecule is CC(C)(NC(=O)CC(F)(F)F)C(=O)N[C@H](c1ncc(-c2ccc(-c3ccc(-c4cnc([C@@H](NC(=O)C(C)(C)NC(=O)CC(F)(F)F)C(C)(C)C)[nH]4)cc3)cc2)[nH]1)C(C)(C)C. The van der Waals surface area contributed by atoms with Gasteiger partial charge in [-0.2, -0.15) is 26.3 Å². The molecule has 6 N–H and O–H groups in total. The van der Waals surface area contributed by atoms with Gasteiger partial charge < -0.3 is 31.2 Å². The Hall–Kier alpha value is -5.68. The number of H-pyrrole nitrogens is 2. The van der Waals surface area contributed by atoms with Crippen LogP contribution >= 0.6 is 0 Å². The molecule has 0 saturated heterocycles. The van der Waals surface area contributed by atoms with E-state index in [2.05, 4.69) is 41.2 Å². The summed E-state index contributed by atoms with van der Waals surface area (Å²) >= 11 is 0. The number of rotatable bonds is 13. The zero-order valence-electron chi connectivity index (χ0n) is 35.1. The molecule has 0 spiro atoms. The fraction of sp³-hybridized carbons (Fsp3) is 0.476. The van der Waals surface area contributed by atoms with Crippen LogP contribution in [-0.4, -0.2) is 67.0 Å². The molecular formula is C42H52F6N8O4. The summed E-state index contributed by atoms with van der Waals surface area (Å²) in [5.41, 5.74) is 0.268. The quantitative estimate of drug-likeness (QED) is 0.0740. The van der Waals surface area contributed by atoms with E-state index in [0.29, 0.717) is 23.0 Å². The molecule has 2 aromatic carbocycles. The van der Waals surface area contributed by atoms with Gasteiger partial charge in [-0.3, -0.25) is 19.2 Å². The van der Waals surface area contributed by atoms with Crippen LogP contribution in [0.1, 0.15) is 106 Å². The summed E-state index contributed by atoms with van der Waals surface area (Å²) in [6.45, 7) is 16.5. The van der Waals surface area contributed by atoms with Crippen LogP contribution < -0.4 is 21.3 Å². The van der Waals surface area contributed by atoms with Gasteiger partial charge in [0.15, 0.2) is 0 Å². The van der Waals surface area contributed by atoms with Gasteiger partial charge in [0.1, 0.15) is 35.6 Å². The smallest absolute Gasteiger partial charge is 0.344 e. The van der Waals surface area contributed by atoms with Crippen LogP contribution in [0, 0.1) is 10.8 Å². The monoisotopic (exact) mass is 846 g/mol. The molecular weight excluding hydrogens is 795 g/mol. The van der Waals surface area contributed by atoms with Crippen molar-refractivity contribution in [3.8, 4) is 33.6 Å². The van der Waals surface area contributed by atoms with E-state index in [-0.39, 0.29) is 0 Å². The van der Waals surface area contributed by atoms with Crippen LogP contribution in [0.15, 0.2) is 60.9 Å². The van der Waals surface area contributed by atoms with E-state index in [4.69, 9.17) is 0 Å². The highest BCUT2D eigenvalue weighted by Gasteiger charge is 2.40. The molecule has 0 aliphatic carbocycles. The van der Waals surface area contributed by atoms with Gasteiger partial charge in [0.25, 0.3) is 0 Å². The van der Waals surface area contributed by atoms with Crippen LogP contribution in [0.25, 0.3) is 33.6 Å². The normalized spacial score (nSPS) is 13.9. The summed E-state index contributed by atoms with van der Waals surface area (Å²) in [7, 11) is 0. The Balaban J connectivity index is 1.46. The number of carbonyl (C=O) groups excluding carboxylic acids is 4. The maximum absolute atomic E-state index is 13.2. The molecule has 4 rings (SSSR count). The largest absolute Gasteiger partial charge is 0.397 e. The maximum atomic E-state index is 13.2. The Bertz CT molecular complexity index is 2000. The maximum Gasteiger partial charge on any atom is 0.397 e. The number of aromatic nitrogens is 4. The number of halogens is 6. The minimum absolute atomic E-state index is 0.415. The van der Waals surface area contributed by atoms with Gasteiger partial charge in [-0.15, -0.1) is 0 Å². The summed E-state index contributed by atoms with van der Waals surface area (Å²) in [6.07, 6.45) is -9.61. The lowest BCUT2D eigenvalue weighted by Crippen LogP contribution is -2.56. The first-order valence-corrected chi connectivity index (χ1v) is 19.0. The summed E-state index contributed by atoms with van der Waals surface area (Å²) < 4.78 is 76.4. The van der Waals surface area contributed by atoms with Crippen molar-refractivity contribution in [1.82, 2.24) is 41.2 Å². The fourth-order valence-corrected chi connectivity index (χ4v) is 6.22. The minimum atomic E-state index is -4.72. The number of imidazole rings is 2. The second-order valence-corrected chi connectivity index (χ2v) is 18.0. The zero-order chi connectivity index (χ0) is 45.2. The van der Waals surface area contributed by atoms with Gasteiger partial charge in [0.2, 0.25) is 23.6 Å². The molecule has 2 aromatic heterocycles. The Labute approximate surface area is 344 Å². The zero-order valence-corrected chi connectivity index (χ0v) is 35.1. The number of aromatic amines is 2. The van der Waals surface area contributed by atoms with E-state index in [0.717, 1.165) is 22.3 Å². The highest BCUT2D eigenvalue weighted by Crippen LogP contribution is 2.35. The molecule has 18 heteroatoms. The molecule has 0 aliphatic rings. The lowest BCUT2D eigenvalue weighted by Gasteiger charge is -2.34. The van der Waals surface area contributed by atoms with Crippen molar-refractivity contribution in [2.75, 3.05) is 0 Å². The molecule has 2 heterocycles. The van der Waals surface area contributed by atoms with Gasteiger partial charge in [-0.25, -0.2) is 9.97 Å². The van der Waals surface area contributed by atoms with E-state index in [9.17, 15) is 45.5 Å². The number of alkyl halides is 6. The first-order valence-electron chi connectivity index (χ1n) is 19.0.